The van der Waals surface area contributed by atoms with E-state index >= 15 is 0 Å². The third-order valence-corrected chi connectivity index (χ3v) is 4.77. The molecule has 0 fully saturated rings. The van der Waals surface area contributed by atoms with Crippen LogP contribution < -0.4 is 15.4 Å². The number of benzene rings is 1. The number of hydrogen-bond donors (Lipinski definition) is 2. The molecule has 24 heavy (non-hydrogen) atoms. The molecule has 4 nitrogen and oxygen atoms in total. The van der Waals surface area contributed by atoms with E-state index in [9.17, 15) is 0 Å². The lowest BCUT2D eigenvalue weighted by molar-refractivity contribution is 0.414. The zero-order valence-electron chi connectivity index (χ0n) is 14.9. The van der Waals surface area contributed by atoms with Gasteiger partial charge in [0.15, 0.2) is 5.96 Å². The van der Waals surface area contributed by atoms with E-state index in [-0.39, 0.29) is 0 Å². The number of guanidine groups is 1. The van der Waals surface area contributed by atoms with E-state index in [1.54, 1.807) is 7.11 Å². The van der Waals surface area contributed by atoms with E-state index < -0.39 is 0 Å². The fourth-order valence-electron chi connectivity index (χ4n) is 2.53. The van der Waals surface area contributed by atoms with Gasteiger partial charge in [-0.05, 0) is 50.1 Å². The van der Waals surface area contributed by atoms with Crippen LogP contribution in [0, 0.1) is 6.92 Å². The smallest absolute Gasteiger partial charge is 0.191 e. The molecule has 0 bridgehead atoms. The highest BCUT2D eigenvalue weighted by Gasteiger charge is 2.07. The Bertz CT molecular complexity index is 666. The third kappa shape index (κ3) is 5.89. The van der Waals surface area contributed by atoms with Crippen LogP contribution >= 0.6 is 11.3 Å². The van der Waals surface area contributed by atoms with Crippen molar-refractivity contribution in [3.05, 3.63) is 51.7 Å². The van der Waals surface area contributed by atoms with Crippen LogP contribution in [0.5, 0.6) is 5.75 Å². The molecule has 2 rings (SSSR count). The molecular formula is C19H27N3OS. The summed E-state index contributed by atoms with van der Waals surface area (Å²) < 4.78 is 5.26. The highest BCUT2D eigenvalue weighted by Crippen LogP contribution is 2.16. The van der Waals surface area contributed by atoms with Crippen LogP contribution in [0.3, 0.4) is 0 Å². The summed E-state index contributed by atoms with van der Waals surface area (Å²) in [6.45, 7) is 5.16. The third-order valence-electron chi connectivity index (χ3n) is 3.75. The number of thiophene rings is 1. The van der Waals surface area contributed by atoms with Crippen LogP contribution in [0.2, 0.25) is 0 Å². The number of rotatable bonds is 7. The lowest BCUT2D eigenvalue weighted by Crippen LogP contribution is -2.43. The monoisotopic (exact) mass is 345 g/mol. The van der Waals surface area contributed by atoms with E-state index in [4.69, 9.17) is 4.74 Å². The number of aryl methyl sites for hydroxylation is 1. The molecule has 1 aromatic heterocycles. The maximum absolute atomic E-state index is 5.26. The molecule has 0 aliphatic carbocycles. The first-order valence-electron chi connectivity index (χ1n) is 8.26. The number of aliphatic imine (C=N–C) groups is 1. The van der Waals surface area contributed by atoms with Crippen LogP contribution in [-0.2, 0) is 12.8 Å². The summed E-state index contributed by atoms with van der Waals surface area (Å²) >= 11 is 1.86. The van der Waals surface area contributed by atoms with Gasteiger partial charge in [0, 0.05) is 35.8 Å². The van der Waals surface area contributed by atoms with Gasteiger partial charge in [0.25, 0.3) is 0 Å². The van der Waals surface area contributed by atoms with Crippen LogP contribution in [0.4, 0.5) is 0 Å². The van der Waals surface area contributed by atoms with Crippen molar-refractivity contribution in [3.8, 4) is 5.75 Å². The van der Waals surface area contributed by atoms with E-state index in [2.05, 4.69) is 53.7 Å². The van der Waals surface area contributed by atoms with Crippen molar-refractivity contribution in [1.29, 1.82) is 0 Å². The lowest BCUT2D eigenvalue weighted by atomic mass is 10.1. The van der Waals surface area contributed by atoms with Gasteiger partial charge < -0.3 is 15.4 Å². The Kier molecular flexibility index (Phi) is 7.12. The van der Waals surface area contributed by atoms with Crippen LogP contribution in [0.1, 0.15) is 22.2 Å². The number of hydrogen-bond acceptors (Lipinski definition) is 3. The molecule has 0 radical (unpaired) electrons. The minimum absolute atomic E-state index is 0.339. The summed E-state index contributed by atoms with van der Waals surface area (Å²) in [6.07, 6.45) is 1.94. The van der Waals surface area contributed by atoms with Crippen molar-refractivity contribution >= 4 is 17.3 Å². The molecule has 1 heterocycles. The lowest BCUT2D eigenvalue weighted by Gasteiger charge is -2.17. The van der Waals surface area contributed by atoms with Crippen LogP contribution in [-0.4, -0.2) is 32.7 Å². The van der Waals surface area contributed by atoms with Crippen molar-refractivity contribution in [3.63, 3.8) is 0 Å². The Morgan fingerprint density at radius 3 is 2.79 bits per heavy atom. The number of methoxy groups -OCH3 is 1. The molecule has 0 saturated heterocycles. The molecule has 1 atom stereocenters. The van der Waals surface area contributed by atoms with Crippen molar-refractivity contribution in [2.75, 3.05) is 20.7 Å². The molecule has 5 heteroatoms. The van der Waals surface area contributed by atoms with Crippen LogP contribution in [0.15, 0.2) is 41.4 Å². The van der Waals surface area contributed by atoms with Crippen molar-refractivity contribution in [2.24, 2.45) is 4.99 Å². The van der Waals surface area contributed by atoms with E-state index in [1.807, 2.05) is 30.5 Å². The second-order valence-corrected chi connectivity index (χ2v) is 7.23. The zero-order chi connectivity index (χ0) is 17.4. The standard InChI is InChI=1S/C19H27N3OS/c1-14(12-18-9-8-15(2)24-18)22-19(20-3)21-11-10-16-6-5-7-17(13-16)23-4/h5-9,13-14H,10-12H2,1-4H3,(H2,20,21,22). The molecular weight excluding hydrogens is 318 g/mol. The first kappa shape index (κ1) is 18.3. The topological polar surface area (TPSA) is 45.7 Å². The molecule has 1 aromatic carbocycles. The van der Waals surface area contributed by atoms with Gasteiger partial charge in [0.1, 0.15) is 5.75 Å². The molecule has 0 spiro atoms. The first-order valence-corrected chi connectivity index (χ1v) is 9.07. The average Bonchev–Trinajstić information content (AvgIpc) is 2.98. The highest BCUT2D eigenvalue weighted by atomic mass is 32.1. The quantitative estimate of drug-likeness (QED) is 0.597. The summed E-state index contributed by atoms with van der Waals surface area (Å²) in [5.74, 6) is 1.74. The van der Waals surface area contributed by atoms with Gasteiger partial charge in [-0.25, -0.2) is 0 Å². The van der Waals surface area contributed by atoms with Crippen molar-refractivity contribution in [1.82, 2.24) is 10.6 Å². The summed E-state index contributed by atoms with van der Waals surface area (Å²) in [7, 11) is 3.50. The van der Waals surface area contributed by atoms with E-state index in [0.29, 0.717) is 6.04 Å². The first-order chi connectivity index (χ1) is 11.6. The Morgan fingerprint density at radius 2 is 2.12 bits per heavy atom. The van der Waals surface area contributed by atoms with Gasteiger partial charge in [-0.2, -0.15) is 0 Å². The summed E-state index contributed by atoms with van der Waals surface area (Å²) in [4.78, 5) is 7.07. The summed E-state index contributed by atoms with van der Waals surface area (Å²) in [5, 5.41) is 6.83. The zero-order valence-corrected chi connectivity index (χ0v) is 15.7. The van der Waals surface area contributed by atoms with Gasteiger partial charge in [-0.1, -0.05) is 12.1 Å². The van der Waals surface area contributed by atoms with Gasteiger partial charge in [0.2, 0.25) is 0 Å². The molecule has 0 aliphatic rings. The second kappa shape index (κ2) is 9.33. The predicted octanol–water partition coefficient (Wildman–Crippen LogP) is 3.40. The van der Waals surface area contributed by atoms with Gasteiger partial charge in [-0.15, -0.1) is 11.3 Å². The number of nitrogens with one attached hydrogen (secondary N) is 2. The second-order valence-electron chi connectivity index (χ2n) is 5.86. The molecule has 0 saturated carbocycles. The molecule has 130 valence electrons. The van der Waals surface area contributed by atoms with Gasteiger partial charge >= 0.3 is 0 Å². The molecule has 0 aliphatic heterocycles. The Balaban J connectivity index is 1.77. The molecule has 1 unspecified atom stereocenters. The normalized spacial score (nSPS) is 12.8. The van der Waals surface area contributed by atoms with Gasteiger partial charge in [-0.3, -0.25) is 4.99 Å². The average molecular weight is 346 g/mol. The van der Waals surface area contributed by atoms with Crippen molar-refractivity contribution in [2.45, 2.75) is 32.7 Å². The fourth-order valence-corrected chi connectivity index (χ4v) is 3.55. The largest absolute Gasteiger partial charge is 0.497 e. The number of nitrogens with zero attached hydrogens (tertiary/aromatic N) is 1. The van der Waals surface area contributed by atoms with Gasteiger partial charge in [0.05, 0.1) is 7.11 Å². The predicted molar refractivity (Wildman–Crippen MR) is 103 cm³/mol. The number of ether oxygens (including phenoxy) is 1. The van der Waals surface area contributed by atoms with E-state index in [0.717, 1.165) is 31.1 Å². The fraction of sp³-hybridized carbons (Fsp3) is 0.421. The summed E-state index contributed by atoms with van der Waals surface area (Å²) in [5.41, 5.74) is 1.25. The van der Waals surface area contributed by atoms with E-state index in [1.165, 1.54) is 15.3 Å². The molecule has 2 N–H and O–H groups in total. The maximum Gasteiger partial charge on any atom is 0.191 e. The Morgan fingerprint density at radius 1 is 1.29 bits per heavy atom. The highest BCUT2D eigenvalue weighted by molar-refractivity contribution is 7.11. The van der Waals surface area contributed by atoms with Crippen LogP contribution in [0.25, 0.3) is 0 Å². The Labute approximate surface area is 149 Å². The summed E-state index contributed by atoms with van der Waals surface area (Å²) in [6, 6.07) is 12.9. The SMILES string of the molecule is CN=C(NCCc1cccc(OC)c1)NC(C)Cc1ccc(C)s1. The van der Waals surface area contributed by atoms with Crippen molar-refractivity contribution < 1.29 is 4.74 Å². The minimum atomic E-state index is 0.339. The maximum atomic E-state index is 5.26. The minimum Gasteiger partial charge on any atom is -0.497 e. The Hall–Kier alpha value is -2.01. The molecule has 2 aromatic rings. The molecule has 0 amide bonds.